The lowest BCUT2D eigenvalue weighted by atomic mass is 10.2. The van der Waals surface area contributed by atoms with Gasteiger partial charge in [0.05, 0.1) is 10.4 Å². The highest BCUT2D eigenvalue weighted by atomic mass is 16.6. The molecule has 0 spiro atoms. The molecule has 2 aromatic rings. The van der Waals surface area contributed by atoms with Crippen LogP contribution in [0.15, 0.2) is 18.2 Å². The van der Waals surface area contributed by atoms with Crippen LogP contribution in [0, 0.1) is 10.1 Å². The fourth-order valence-electron chi connectivity index (χ4n) is 1.80. The quantitative estimate of drug-likeness (QED) is 0.628. The van der Waals surface area contributed by atoms with Gasteiger partial charge in [-0.2, -0.15) is 0 Å². The minimum Gasteiger partial charge on any atom is -0.383 e. The molecule has 1 aromatic carbocycles. The van der Waals surface area contributed by atoms with Gasteiger partial charge in [0.15, 0.2) is 0 Å². The van der Waals surface area contributed by atoms with Gasteiger partial charge in [0.25, 0.3) is 5.69 Å². The second kappa shape index (κ2) is 3.38. The first kappa shape index (κ1) is 9.95. The number of nitrogens with zero attached hydrogens (tertiary/aromatic N) is 3. The van der Waals surface area contributed by atoms with Crippen LogP contribution in [0.25, 0.3) is 10.9 Å². The first-order valence-corrected chi connectivity index (χ1v) is 5.37. The van der Waals surface area contributed by atoms with Crippen LogP contribution < -0.4 is 5.73 Å². The Hall–Kier alpha value is -2.24. The highest BCUT2D eigenvalue weighted by Crippen LogP contribution is 2.39. The van der Waals surface area contributed by atoms with Crippen LogP contribution in [0.2, 0.25) is 0 Å². The van der Waals surface area contributed by atoms with Crippen LogP contribution in [-0.2, 0) is 0 Å². The Morgan fingerprint density at radius 2 is 2.12 bits per heavy atom. The predicted octanol–water partition coefficient (Wildman–Crippen LogP) is 2.00. The van der Waals surface area contributed by atoms with Crippen molar-refractivity contribution in [1.82, 2.24) is 9.97 Å². The highest BCUT2D eigenvalue weighted by molar-refractivity contribution is 5.89. The first-order valence-electron chi connectivity index (χ1n) is 5.37. The molecule has 2 N–H and O–H groups in total. The summed E-state index contributed by atoms with van der Waals surface area (Å²) in [6, 6.07) is 4.48. The van der Waals surface area contributed by atoms with E-state index < -0.39 is 4.92 Å². The van der Waals surface area contributed by atoms with Gasteiger partial charge in [-0.15, -0.1) is 0 Å². The van der Waals surface area contributed by atoms with Gasteiger partial charge in [-0.1, -0.05) is 0 Å². The van der Waals surface area contributed by atoms with Crippen molar-refractivity contribution in [3.63, 3.8) is 0 Å². The number of rotatable bonds is 2. The number of hydrogen-bond donors (Lipinski definition) is 1. The summed E-state index contributed by atoms with van der Waals surface area (Å²) in [6.45, 7) is 0. The van der Waals surface area contributed by atoms with Crippen molar-refractivity contribution in [3.8, 4) is 0 Å². The van der Waals surface area contributed by atoms with Gasteiger partial charge in [0, 0.05) is 23.4 Å². The zero-order chi connectivity index (χ0) is 12.0. The molecule has 0 radical (unpaired) electrons. The summed E-state index contributed by atoms with van der Waals surface area (Å²) in [5, 5.41) is 11.2. The van der Waals surface area contributed by atoms with Crippen molar-refractivity contribution in [2.45, 2.75) is 18.8 Å². The summed E-state index contributed by atoms with van der Waals surface area (Å²) in [7, 11) is 0. The summed E-state index contributed by atoms with van der Waals surface area (Å²) in [6.07, 6.45) is 2.19. The molecule has 17 heavy (non-hydrogen) atoms. The van der Waals surface area contributed by atoms with Crippen LogP contribution in [-0.4, -0.2) is 14.9 Å². The third kappa shape index (κ3) is 1.67. The van der Waals surface area contributed by atoms with Crippen molar-refractivity contribution in [2.24, 2.45) is 0 Å². The van der Waals surface area contributed by atoms with Crippen molar-refractivity contribution >= 4 is 22.4 Å². The third-order valence-corrected chi connectivity index (χ3v) is 2.88. The van der Waals surface area contributed by atoms with E-state index in [1.54, 1.807) is 6.07 Å². The number of hydrogen-bond acceptors (Lipinski definition) is 5. The molecule has 0 unspecified atom stereocenters. The van der Waals surface area contributed by atoms with Crippen molar-refractivity contribution in [1.29, 1.82) is 0 Å². The van der Waals surface area contributed by atoms with E-state index in [4.69, 9.17) is 5.73 Å². The smallest absolute Gasteiger partial charge is 0.270 e. The lowest BCUT2D eigenvalue weighted by Crippen LogP contribution is -2.00. The van der Waals surface area contributed by atoms with E-state index in [2.05, 4.69) is 9.97 Å². The van der Waals surface area contributed by atoms with Crippen molar-refractivity contribution < 1.29 is 4.92 Å². The number of benzene rings is 1. The standard InChI is InChI=1S/C11H10N4O2/c12-10-8-5-7(15(16)17)3-4-9(8)13-11(14-10)6-1-2-6/h3-6H,1-2H2,(H2,12,13,14). The molecule has 1 fully saturated rings. The first-order chi connectivity index (χ1) is 8.15. The van der Waals surface area contributed by atoms with Crippen LogP contribution in [0.4, 0.5) is 11.5 Å². The fraction of sp³-hybridized carbons (Fsp3) is 0.273. The number of anilines is 1. The molecule has 1 saturated carbocycles. The molecule has 0 atom stereocenters. The monoisotopic (exact) mass is 230 g/mol. The Morgan fingerprint density at radius 1 is 1.35 bits per heavy atom. The molecule has 0 saturated heterocycles. The van der Waals surface area contributed by atoms with Gasteiger partial charge >= 0.3 is 0 Å². The Labute approximate surface area is 96.6 Å². The molecule has 86 valence electrons. The largest absolute Gasteiger partial charge is 0.383 e. The van der Waals surface area contributed by atoms with Gasteiger partial charge in [0.2, 0.25) is 0 Å². The zero-order valence-corrected chi connectivity index (χ0v) is 8.96. The van der Waals surface area contributed by atoms with Crippen LogP contribution >= 0.6 is 0 Å². The van der Waals surface area contributed by atoms with E-state index in [1.165, 1.54) is 12.1 Å². The molecule has 0 bridgehead atoms. The molecular formula is C11H10N4O2. The van der Waals surface area contributed by atoms with E-state index >= 15 is 0 Å². The van der Waals surface area contributed by atoms with Crippen LogP contribution in [0.3, 0.4) is 0 Å². The topological polar surface area (TPSA) is 94.9 Å². The van der Waals surface area contributed by atoms with E-state index in [0.717, 1.165) is 18.7 Å². The number of nitrogen functional groups attached to an aromatic ring is 1. The molecule has 1 aliphatic rings. The Bertz CT molecular complexity index is 622. The van der Waals surface area contributed by atoms with Crippen LogP contribution in [0.1, 0.15) is 24.6 Å². The van der Waals surface area contributed by atoms with E-state index in [1.807, 2.05) is 0 Å². The summed E-state index contributed by atoms with van der Waals surface area (Å²) >= 11 is 0. The summed E-state index contributed by atoms with van der Waals surface area (Å²) in [5.74, 6) is 1.49. The fourth-order valence-corrected chi connectivity index (χ4v) is 1.80. The molecule has 1 aliphatic carbocycles. The minimum atomic E-state index is -0.451. The number of non-ortho nitro benzene ring substituents is 1. The minimum absolute atomic E-state index is 0.00646. The summed E-state index contributed by atoms with van der Waals surface area (Å²) in [4.78, 5) is 18.8. The maximum atomic E-state index is 10.7. The summed E-state index contributed by atoms with van der Waals surface area (Å²) < 4.78 is 0. The predicted molar refractivity (Wildman–Crippen MR) is 62.6 cm³/mol. The second-order valence-corrected chi connectivity index (χ2v) is 4.20. The average Bonchev–Trinajstić information content (AvgIpc) is 3.12. The third-order valence-electron chi connectivity index (χ3n) is 2.88. The lowest BCUT2D eigenvalue weighted by Gasteiger charge is -2.04. The van der Waals surface area contributed by atoms with Crippen molar-refractivity contribution in [2.75, 3.05) is 5.73 Å². The molecular weight excluding hydrogens is 220 g/mol. The number of aromatic nitrogens is 2. The van der Waals surface area contributed by atoms with Gasteiger partial charge < -0.3 is 5.73 Å². The number of nitro benzene ring substituents is 1. The molecule has 1 aromatic heterocycles. The van der Waals surface area contributed by atoms with Crippen molar-refractivity contribution in [3.05, 3.63) is 34.1 Å². The maximum Gasteiger partial charge on any atom is 0.270 e. The molecule has 0 aliphatic heterocycles. The van der Waals surface area contributed by atoms with Gasteiger partial charge in [-0.3, -0.25) is 10.1 Å². The van der Waals surface area contributed by atoms with E-state index in [9.17, 15) is 10.1 Å². The Morgan fingerprint density at radius 3 is 2.76 bits per heavy atom. The lowest BCUT2D eigenvalue weighted by molar-refractivity contribution is -0.384. The SMILES string of the molecule is Nc1nc(C2CC2)nc2ccc([N+](=O)[O-])cc12. The maximum absolute atomic E-state index is 10.7. The Balaban J connectivity index is 2.20. The molecule has 0 amide bonds. The average molecular weight is 230 g/mol. The molecule has 3 rings (SSSR count). The van der Waals surface area contributed by atoms with Gasteiger partial charge in [-0.05, 0) is 18.9 Å². The number of fused-ring (bicyclic) bond motifs is 1. The number of nitro groups is 1. The highest BCUT2D eigenvalue weighted by Gasteiger charge is 2.27. The normalized spacial score (nSPS) is 15.1. The van der Waals surface area contributed by atoms with E-state index in [-0.39, 0.29) is 5.69 Å². The van der Waals surface area contributed by atoms with Gasteiger partial charge in [0.1, 0.15) is 11.6 Å². The molecule has 6 heteroatoms. The number of nitrogens with two attached hydrogens (primary N) is 1. The summed E-state index contributed by atoms with van der Waals surface area (Å²) in [5.41, 5.74) is 6.50. The molecule has 6 nitrogen and oxygen atoms in total. The van der Waals surface area contributed by atoms with E-state index in [0.29, 0.717) is 22.6 Å². The van der Waals surface area contributed by atoms with Crippen LogP contribution in [0.5, 0.6) is 0 Å². The zero-order valence-electron chi connectivity index (χ0n) is 8.96. The Kier molecular flexibility index (Phi) is 1.98. The second-order valence-electron chi connectivity index (χ2n) is 4.20. The molecule has 1 heterocycles. The van der Waals surface area contributed by atoms with Gasteiger partial charge in [-0.25, -0.2) is 9.97 Å².